The zero-order valence-corrected chi connectivity index (χ0v) is 63.7. The van der Waals surface area contributed by atoms with Gasteiger partial charge in [-0.2, -0.15) is 0 Å². The highest BCUT2D eigenvalue weighted by Gasteiger charge is 2.30. The van der Waals surface area contributed by atoms with Crippen LogP contribution in [0.15, 0.2) is 85.1 Å². The van der Waals surface area contributed by atoms with E-state index in [2.05, 4.69) is 113 Å². The maximum atomic E-state index is 13.1. The van der Waals surface area contributed by atoms with Crippen molar-refractivity contribution < 1.29 is 80.2 Å². The number of allylic oxidation sites excluding steroid dienone is 14. The van der Waals surface area contributed by atoms with Gasteiger partial charge in [-0.15, -0.1) is 0 Å². The van der Waals surface area contributed by atoms with Crippen molar-refractivity contribution in [1.29, 1.82) is 0 Å². The van der Waals surface area contributed by atoms with Gasteiger partial charge in [0.15, 0.2) is 12.2 Å². The molecule has 5 unspecified atom stereocenters. The second-order valence-corrected chi connectivity index (χ2v) is 28.8. The molecule has 0 bridgehead atoms. The van der Waals surface area contributed by atoms with Crippen LogP contribution in [0.3, 0.4) is 0 Å². The summed E-state index contributed by atoms with van der Waals surface area (Å²) in [4.78, 5) is 72.8. The summed E-state index contributed by atoms with van der Waals surface area (Å²) < 4.78 is 68.4. The number of phosphoric acid groups is 2. The zero-order chi connectivity index (χ0) is 71.8. The van der Waals surface area contributed by atoms with Gasteiger partial charge < -0.3 is 33.8 Å². The summed E-state index contributed by atoms with van der Waals surface area (Å²) in [6, 6.07) is 0. The van der Waals surface area contributed by atoms with Gasteiger partial charge in [-0.3, -0.25) is 37.3 Å². The van der Waals surface area contributed by atoms with E-state index in [0.29, 0.717) is 25.7 Å². The molecule has 0 saturated carbocycles. The van der Waals surface area contributed by atoms with Crippen molar-refractivity contribution in [2.45, 2.75) is 354 Å². The third-order valence-electron chi connectivity index (χ3n) is 16.3. The maximum Gasteiger partial charge on any atom is 0.472 e. The Balaban J connectivity index is 5.30. The lowest BCUT2D eigenvalue weighted by atomic mass is 10.0. The van der Waals surface area contributed by atoms with E-state index >= 15 is 0 Å². The summed E-state index contributed by atoms with van der Waals surface area (Å²) in [6.45, 7) is 4.69. The van der Waals surface area contributed by atoms with Gasteiger partial charge in [0, 0.05) is 25.7 Å². The first-order valence-corrected chi connectivity index (χ1v) is 41.8. The van der Waals surface area contributed by atoms with Gasteiger partial charge in [0.2, 0.25) is 0 Å². The Morgan fingerprint density at radius 3 is 0.878 bits per heavy atom. The smallest absolute Gasteiger partial charge is 0.462 e. The van der Waals surface area contributed by atoms with Crippen LogP contribution in [0.2, 0.25) is 0 Å². The number of hydrogen-bond donors (Lipinski definition) is 3. The molecular formula is C79H140O17P2. The summed E-state index contributed by atoms with van der Waals surface area (Å²) in [6.07, 6.45) is 72.8. The van der Waals surface area contributed by atoms with E-state index in [1.165, 1.54) is 83.5 Å². The number of aliphatic hydroxyl groups is 1. The van der Waals surface area contributed by atoms with Gasteiger partial charge in [0.25, 0.3) is 0 Å². The molecule has 0 aliphatic heterocycles. The number of carbonyl (C=O) groups is 4. The Morgan fingerprint density at radius 1 is 0.296 bits per heavy atom. The van der Waals surface area contributed by atoms with Crippen LogP contribution in [-0.4, -0.2) is 96.7 Å². The molecule has 0 heterocycles. The standard InChI is InChI=1S/C79H140O17P2/c1-5-9-13-17-21-25-29-32-34-35-36-37-39-42-45-48-52-56-60-64-77(82)89-69-74(95-78(83)65-61-57-53-49-43-28-24-20-16-12-8-4)71-93-97(85,86)91-67-73(80)68-92-98(87,88)94-72-75(96-79(84)66-62-58-54-50-46-40-31-27-23-19-15-11-7-3)70-90-76(81)63-59-55-51-47-44-41-38-33-30-26-22-18-14-10-6-2/h10,14,20-22,24-26,32-34,36-38,73-75,80H,5-9,11-13,15-19,23,27-31,35,39-72H2,1-4H3,(H,85,86)(H,87,88)/b14-10-,24-20-,25-21-,26-22-,34-32-,37-36-,38-33-. The first-order chi connectivity index (χ1) is 47.7. The molecule has 0 spiro atoms. The second-order valence-electron chi connectivity index (χ2n) is 25.9. The van der Waals surface area contributed by atoms with E-state index in [0.717, 1.165) is 173 Å². The quantitative estimate of drug-likeness (QED) is 0.0169. The van der Waals surface area contributed by atoms with Crippen LogP contribution in [0.5, 0.6) is 0 Å². The highest BCUT2D eigenvalue weighted by Crippen LogP contribution is 2.45. The van der Waals surface area contributed by atoms with Crippen molar-refractivity contribution in [3.8, 4) is 0 Å². The number of esters is 4. The summed E-state index contributed by atoms with van der Waals surface area (Å²) >= 11 is 0. The predicted molar refractivity (Wildman–Crippen MR) is 399 cm³/mol. The molecule has 0 amide bonds. The summed E-state index contributed by atoms with van der Waals surface area (Å²) in [5.74, 6) is -2.20. The molecule has 0 aliphatic rings. The monoisotopic (exact) mass is 1420 g/mol. The summed E-state index contributed by atoms with van der Waals surface area (Å²) in [5, 5.41) is 10.6. The van der Waals surface area contributed by atoms with Crippen LogP contribution in [0.1, 0.15) is 336 Å². The highest BCUT2D eigenvalue weighted by molar-refractivity contribution is 7.47. The Bertz CT molecular complexity index is 2190. The Morgan fingerprint density at radius 2 is 0.541 bits per heavy atom. The lowest BCUT2D eigenvalue weighted by Gasteiger charge is -2.21. The lowest BCUT2D eigenvalue weighted by Crippen LogP contribution is -2.30. The van der Waals surface area contributed by atoms with Crippen molar-refractivity contribution >= 4 is 39.5 Å². The van der Waals surface area contributed by atoms with E-state index in [1.807, 2.05) is 0 Å². The molecule has 19 heteroatoms. The van der Waals surface area contributed by atoms with Gasteiger partial charge in [0.1, 0.15) is 19.3 Å². The molecule has 17 nitrogen and oxygen atoms in total. The third-order valence-corrected chi connectivity index (χ3v) is 18.2. The Labute approximate surface area is 595 Å². The molecule has 0 aromatic rings. The number of phosphoric ester groups is 2. The van der Waals surface area contributed by atoms with Crippen molar-refractivity contribution in [3.05, 3.63) is 85.1 Å². The van der Waals surface area contributed by atoms with Gasteiger partial charge >= 0.3 is 39.5 Å². The van der Waals surface area contributed by atoms with Crippen LogP contribution in [-0.2, 0) is 65.4 Å². The van der Waals surface area contributed by atoms with E-state index in [-0.39, 0.29) is 25.7 Å². The first-order valence-electron chi connectivity index (χ1n) is 38.8. The normalized spacial score (nSPS) is 14.4. The fraction of sp³-hybridized carbons (Fsp3) is 0.772. The molecule has 0 saturated heterocycles. The number of hydrogen-bond acceptors (Lipinski definition) is 15. The molecule has 98 heavy (non-hydrogen) atoms. The molecule has 568 valence electrons. The number of carbonyl (C=O) groups excluding carboxylic acids is 4. The van der Waals surface area contributed by atoms with Crippen molar-refractivity contribution in [2.24, 2.45) is 0 Å². The minimum absolute atomic E-state index is 0.0827. The molecule has 0 radical (unpaired) electrons. The molecule has 0 fully saturated rings. The fourth-order valence-electron chi connectivity index (χ4n) is 10.4. The van der Waals surface area contributed by atoms with Crippen molar-refractivity contribution in [2.75, 3.05) is 39.6 Å². The van der Waals surface area contributed by atoms with Crippen LogP contribution in [0, 0.1) is 0 Å². The van der Waals surface area contributed by atoms with Crippen LogP contribution >= 0.6 is 15.6 Å². The average Bonchev–Trinajstić information content (AvgIpc) is 0.983. The van der Waals surface area contributed by atoms with Gasteiger partial charge in [-0.05, 0) is 116 Å². The minimum atomic E-state index is -4.97. The van der Waals surface area contributed by atoms with Crippen LogP contribution in [0.25, 0.3) is 0 Å². The van der Waals surface area contributed by atoms with E-state index in [9.17, 15) is 43.2 Å². The van der Waals surface area contributed by atoms with Crippen molar-refractivity contribution in [1.82, 2.24) is 0 Å². The Hall–Kier alpha value is -3.76. The lowest BCUT2D eigenvalue weighted by molar-refractivity contribution is -0.161. The molecule has 0 rings (SSSR count). The number of rotatable bonds is 73. The largest absolute Gasteiger partial charge is 0.472 e. The highest BCUT2D eigenvalue weighted by atomic mass is 31.2. The molecule has 0 aromatic heterocycles. The minimum Gasteiger partial charge on any atom is -0.462 e. The molecule has 0 aliphatic carbocycles. The predicted octanol–water partition coefficient (Wildman–Crippen LogP) is 22.2. The van der Waals surface area contributed by atoms with Crippen LogP contribution in [0.4, 0.5) is 0 Å². The fourth-order valence-corrected chi connectivity index (χ4v) is 12.0. The number of ether oxygens (including phenoxy) is 4. The van der Waals surface area contributed by atoms with E-state index in [1.54, 1.807) is 0 Å². The zero-order valence-electron chi connectivity index (χ0n) is 62.0. The summed E-state index contributed by atoms with van der Waals surface area (Å²) in [7, 11) is -9.95. The molecule has 5 atom stereocenters. The van der Waals surface area contributed by atoms with Gasteiger partial charge in [-0.1, -0.05) is 280 Å². The molecule has 3 N–H and O–H groups in total. The second kappa shape index (κ2) is 71.6. The average molecular weight is 1420 g/mol. The third kappa shape index (κ3) is 70.7. The van der Waals surface area contributed by atoms with Crippen LogP contribution < -0.4 is 0 Å². The molecular weight excluding hydrogens is 1280 g/mol. The van der Waals surface area contributed by atoms with Gasteiger partial charge in [0.05, 0.1) is 26.4 Å². The number of unbranched alkanes of at least 4 members (excludes halogenated alkanes) is 33. The first kappa shape index (κ1) is 94.2. The molecule has 0 aromatic carbocycles. The van der Waals surface area contributed by atoms with E-state index < -0.39 is 97.5 Å². The maximum absolute atomic E-state index is 13.1. The number of aliphatic hydroxyl groups excluding tert-OH is 1. The Kier molecular flexibility index (Phi) is 68.9. The van der Waals surface area contributed by atoms with Crippen molar-refractivity contribution in [3.63, 3.8) is 0 Å². The topological polar surface area (TPSA) is 237 Å². The van der Waals surface area contributed by atoms with Gasteiger partial charge in [-0.25, -0.2) is 9.13 Å². The summed E-state index contributed by atoms with van der Waals surface area (Å²) in [5.41, 5.74) is 0. The SMILES string of the molecule is CC/C=C\C/C=C\C/C=C\CCCCCCCC(=O)OCC(COP(=O)(O)OCC(O)COP(=O)(O)OCC(COC(=O)CCCCCCCC/C=C\C/C=C\C/C=C\CCCCC)OC(=O)CCCCCCC/C=C\CCCC)OC(=O)CCCCCCCCCCCCCCC. The van der Waals surface area contributed by atoms with E-state index in [4.69, 9.17) is 37.0 Å².